The molecule has 0 amide bonds. The van der Waals surface area contributed by atoms with E-state index in [4.69, 9.17) is 5.73 Å². The molecule has 13 heavy (non-hydrogen) atoms. The first-order valence-corrected chi connectivity index (χ1v) is 4.94. The lowest BCUT2D eigenvalue weighted by Crippen LogP contribution is -2.44. The number of hydrogen-bond acceptors (Lipinski definition) is 3. The topological polar surface area (TPSA) is 32.5 Å². The van der Waals surface area contributed by atoms with E-state index >= 15 is 0 Å². The molecule has 0 saturated carbocycles. The first-order valence-electron chi connectivity index (χ1n) is 4.94. The zero-order chi connectivity index (χ0) is 8.81. The summed E-state index contributed by atoms with van der Waals surface area (Å²) >= 11 is 0. The number of rotatable bonds is 4. The molecule has 0 aromatic carbocycles. The van der Waals surface area contributed by atoms with Crippen LogP contribution >= 0.6 is 12.4 Å². The number of piperazine rings is 1. The minimum atomic E-state index is 0. The van der Waals surface area contributed by atoms with Gasteiger partial charge in [-0.15, -0.1) is 12.4 Å². The summed E-state index contributed by atoms with van der Waals surface area (Å²) in [5, 5.41) is 0. The summed E-state index contributed by atoms with van der Waals surface area (Å²) in [5.41, 5.74) is 5.44. The van der Waals surface area contributed by atoms with Crippen molar-refractivity contribution in [2.24, 2.45) is 5.73 Å². The Labute approximate surface area is 87.7 Å². The van der Waals surface area contributed by atoms with Crippen molar-refractivity contribution >= 4 is 12.4 Å². The average Bonchev–Trinajstić information content (AvgIpc) is 2.09. The van der Waals surface area contributed by atoms with Crippen LogP contribution in [0.2, 0.25) is 0 Å². The van der Waals surface area contributed by atoms with Gasteiger partial charge in [-0.05, 0) is 33.0 Å². The summed E-state index contributed by atoms with van der Waals surface area (Å²) in [4.78, 5) is 4.93. The van der Waals surface area contributed by atoms with Crippen LogP contribution in [-0.4, -0.2) is 56.1 Å². The molecule has 0 aliphatic carbocycles. The van der Waals surface area contributed by atoms with Crippen LogP contribution in [0.15, 0.2) is 0 Å². The summed E-state index contributed by atoms with van der Waals surface area (Å²) in [6, 6.07) is 0. The predicted molar refractivity (Wildman–Crippen MR) is 59.5 cm³/mol. The summed E-state index contributed by atoms with van der Waals surface area (Å²) in [7, 11) is 2.19. The Balaban J connectivity index is 0.00000144. The van der Waals surface area contributed by atoms with Crippen LogP contribution in [0.1, 0.15) is 12.8 Å². The molecule has 0 radical (unpaired) electrons. The van der Waals surface area contributed by atoms with Gasteiger partial charge in [-0.25, -0.2) is 0 Å². The summed E-state index contributed by atoms with van der Waals surface area (Å²) in [6.45, 7) is 7.01. The third kappa shape index (κ3) is 5.47. The van der Waals surface area contributed by atoms with Gasteiger partial charge in [0.25, 0.3) is 0 Å². The lowest BCUT2D eigenvalue weighted by Gasteiger charge is -2.32. The highest BCUT2D eigenvalue weighted by Crippen LogP contribution is 2.00. The summed E-state index contributed by atoms with van der Waals surface area (Å²) < 4.78 is 0. The smallest absolute Gasteiger partial charge is 0.0110 e. The standard InChI is InChI=1S/C9H21N3.ClH/c1-11-6-8-12(9-7-11)5-3-2-4-10;/h2-10H2,1H3;1H. The fourth-order valence-electron chi connectivity index (χ4n) is 1.55. The largest absolute Gasteiger partial charge is 0.330 e. The molecule has 3 nitrogen and oxygen atoms in total. The van der Waals surface area contributed by atoms with Gasteiger partial charge in [-0.1, -0.05) is 0 Å². The first kappa shape index (κ1) is 13.2. The fourth-order valence-corrected chi connectivity index (χ4v) is 1.55. The van der Waals surface area contributed by atoms with Crippen LogP contribution in [-0.2, 0) is 0 Å². The van der Waals surface area contributed by atoms with Gasteiger partial charge in [0.1, 0.15) is 0 Å². The number of likely N-dealkylation sites (N-methyl/N-ethyl adjacent to an activating group) is 1. The van der Waals surface area contributed by atoms with Crippen molar-refractivity contribution in [3.63, 3.8) is 0 Å². The third-order valence-corrected chi connectivity index (χ3v) is 2.52. The number of unbranched alkanes of at least 4 members (excludes halogenated alkanes) is 1. The second kappa shape index (κ2) is 7.56. The van der Waals surface area contributed by atoms with Gasteiger partial charge in [-0.2, -0.15) is 0 Å². The Bertz CT molecular complexity index is 113. The molecule has 0 aromatic heterocycles. The second-order valence-corrected chi connectivity index (χ2v) is 3.64. The molecule has 0 unspecified atom stereocenters. The van der Waals surface area contributed by atoms with E-state index < -0.39 is 0 Å². The van der Waals surface area contributed by atoms with Crippen molar-refractivity contribution in [3.05, 3.63) is 0 Å². The SMILES string of the molecule is CN1CCN(CCCCN)CC1.Cl. The summed E-state index contributed by atoms with van der Waals surface area (Å²) in [5.74, 6) is 0. The third-order valence-electron chi connectivity index (χ3n) is 2.52. The van der Waals surface area contributed by atoms with E-state index in [-0.39, 0.29) is 12.4 Å². The number of nitrogens with zero attached hydrogens (tertiary/aromatic N) is 2. The van der Waals surface area contributed by atoms with Crippen LogP contribution < -0.4 is 5.73 Å². The van der Waals surface area contributed by atoms with Gasteiger partial charge < -0.3 is 15.5 Å². The quantitative estimate of drug-likeness (QED) is 0.678. The van der Waals surface area contributed by atoms with Crippen LogP contribution in [0.5, 0.6) is 0 Å². The fraction of sp³-hybridized carbons (Fsp3) is 1.00. The Morgan fingerprint density at radius 2 is 1.69 bits per heavy atom. The maximum Gasteiger partial charge on any atom is 0.0110 e. The van der Waals surface area contributed by atoms with Gasteiger partial charge in [0, 0.05) is 26.2 Å². The van der Waals surface area contributed by atoms with Gasteiger partial charge >= 0.3 is 0 Å². The number of nitrogens with two attached hydrogens (primary N) is 1. The molecule has 1 saturated heterocycles. The molecule has 0 bridgehead atoms. The van der Waals surface area contributed by atoms with E-state index in [1.807, 2.05) is 0 Å². The van der Waals surface area contributed by atoms with E-state index in [0.29, 0.717) is 0 Å². The van der Waals surface area contributed by atoms with Crippen molar-refractivity contribution < 1.29 is 0 Å². The van der Waals surface area contributed by atoms with Crippen LogP contribution in [0.25, 0.3) is 0 Å². The van der Waals surface area contributed by atoms with E-state index in [0.717, 1.165) is 6.54 Å². The van der Waals surface area contributed by atoms with E-state index in [1.54, 1.807) is 0 Å². The lowest BCUT2D eigenvalue weighted by atomic mass is 10.2. The van der Waals surface area contributed by atoms with Crippen molar-refractivity contribution in [1.82, 2.24) is 9.80 Å². The molecule has 1 aliphatic rings. The van der Waals surface area contributed by atoms with Crippen molar-refractivity contribution in [2.45, 2.75) is 12.8 Å². The molecule has 1 rings (SSSR count). The maximum atomic E-state index is 5.44. The van der Waals surface area contributed by atoms with Crippen molar-refractivity contribution in [3.8, 4) is 0 Å². The predicted octanol–water partition coefficient (Wildman–Crippen LogP) is 0.394. The van der Waals surface area contributed by atoms with Gasteiger partial charge in [0.15, 0.2) is 0 Å². The molecule has 1 heterocycles. The Hall–Kier alpha value is 0.170. The Morgan fingerprint density at radius 3 is 2.23 bits per heavy atom. The monoisotopic (exact) mass is 207 g/mol. The first-order chi connectivity index (χ1) is 5.83. The molecule has 0 spiro atoms. The average molecular weight is 208 g/mol. The minimum Gasteiger partial charge on any atom is -0.330 e. The lowest BCUT2D eigenvalue weighted by molar-refractivity contribution is 0.152. The highest BCUT2D eigenvalue weighted by Gasteiger charge is 2.12. The van der Waals surface area contributed by atoms with E-state index in [1.165, 1.54) is 45.6 Å². The zero-order valence-electron chi connectivity index (χ0n) is 8.54. The number of halogens is 1. The normalized spacial score (nSPS) is 19.8. The molecule has 2 N–H and O–H groups in total. The minimum absolute atomic E-state index is 0. The summed E-state index contributed by atoms with van der Waals surface area (Å²) in [6.07, 6.45) is 2.44. The van der Waals surface area contributed by atoms with Crippen molar-refractivity contribution in [2.75, 3.05) is 46.3 Å². The molecule has 0 aromatic rings. The van der Waals surface area contributed by atoms with Gasteiger partial charge in [0.2, 0.25) is 0 Å². The molecular weight excluding hydrogens is 186 g/mol. The van der Waals surface area contributed by atoms with Crippen LogP contribution in [0, 0.1) is 0 Å². The van der Waals surface area contributed by atoms with Crippen LogP contribution in [0.3, 0.4) is 0 Å². The van der Waals surface area contributed by atoms with Crippen molar-refractivity contribution in [1.29, 1.82) is 0 Å². The molecule has 80 valence electrons. The van der Waals surface area contributed by atoms with Crippen LogP contribution in [0.4, 0.5) is 0 Å². The molecule has 0 atom stereocenters. The molecule has 1 aliphatic heterocycles. The maximum absolute atomic E-state index is 5.44. The molecule has 4 heteroatoms. The second-order valence-electron chi connectivity index (χ2n) is 3.64. The van der Waals surface area contributed by atoms with Gasteiger partial charge in [0.05, 0.1) is 0 Å². The Kier molecular flexibility index (Phi) is 7.66. The number of hydrogen-bond donors (Lipinski definition) is 1. The van der Waals surface area contributed by atoms with E-state index in [9.17, 15) is 0 Å². The van der Waals surface area contributed by atoms with E-state index in [2.05, 4.69) is 16.8 Å². The van der Waals surface area contributed by atoms with Gasteiger partial charge in [-0.3, -0.25) is 0 Å². The highest BCUT2D eigenvalue weighted by molar-refractivity contribution is 5.85. The molecule has 1 fully saturated rings. The zero-order valence-corrected chi connectivity index (χ0v) is 9.35. The molecular formula is C9H22ClN3. The highest BCUT2D eigenvalue weighted by atomic mass is 35.5. The Morgan fingerprint density at radius 1 is 1.08 bits per heavy atom.